The Balaban J connectivity index is 1.16. The van der Waals surface area contributed by atoms with Crippen LogP contribution in [0, 0.1) is 46.2 Å². The van der Waals surface area contributed by atoms with Crippen molar-refractivity contribution in [2.24, 2.45) is 29.1 Å². The first kappa shape index (κ1) is 32.7. The summed E-state index contributed by atoms with van der Waals surface area (Å²) in [6, 6.07) is 7.59. The number of carbonyl (C=O) groups excluding carboxylic acids is 4. The molecule has 2 aliphatic carbocycles. The first-order valence-corrected chi connectivity index (χ1v) is 16.6. The Hall–Kier alpha value is -4.80. The number of hydrogen-bond donors (Lipinski definition) is 2. The molecule has 4 fully saturated rings. The quantitative estimate of drug-likeness (QED) is 0.488. The molecule has 1 aromatic carbocycles. The summed E-state index contributed by atoms with van der Waals surface area (Å²) in [5.74, 6) is -2.56. The van der Waals surface area contributed by atoms with Crippen LogP contribution < -0.4 is 15.4 Å². The van der Waals surface area contributed by atoms with Gasteiger partial charge in [0.2, 0.25) is 17.4 Å². The number of amides is 4. The number of aromatic nitrogens is 1. The molecule has 2 N–H and O–H groups in total. The van der Waals surface area contributed by atoms with Gasteiger partial charge in [0.15, 0.2) is 11.6 Å². The molecule has 12 nitrogen and oxygen atoms in total. The number of fused-ring (bicyclic) bond motifs is 6. The second-order valence-corrected chi connectivity index (χ2v) is 14.9. The summed E-state index contributed by atoms with van der Waals surface area (Å²) in [6.07, 6.45) is 0.380. The Morgan fingerprint density at radius 1 is 1.18 bits per heavy atom. The Morgan fingerprint density at radius 2 is 1.94 bits per heavy atom. The Bertz CT molecular complexity index is 1730. The second kappa shape index (κ2) is 12.0. The lowest BCUT2D eigenvalue weighted by Gasteiger charge is -2.38. The number of nitrogens with zero attached hydrogens (tertiary/aromatic N) is 4. The lowest BCUT2D eigenvalue weighted by molar-refractivity contribution is -0.149. The zero-order valence-electron chi connectivity index (χ0n) is 27.4. The summed E-state index contributed by atoms with van der Waals surface area (Å²) >= 11 is 0. The van der Waals surface area contributed by atoms with Crippen LogP contribution in [0.2, 0.25) is 0 Å². The minimum absolute atomic E-state index is 0.00652. The molecule has 1 spiro atoms. The highest BCUT2D eigenvalue weighted by Gasteiger charge is 2.65. The molecule has 2 saturated heterocycles. The molecule has 14 heteroatoms. The minimum Gasteiger partial charge on any atom is -0.472 e. The normalized spacial score (nSPS) is 31.8. The first-order valence-electron chi connectivity index (χ1n) is 16.6. The summed E-state index contributed by atoms with van der Waals surface area (Å²) in [7, 11) is 0. The van der Waals surface area contributed by atoms with Gasteiger partial charge in [-0.05, 0) is 71.8 Å². The molecule has 5 aliphatic rings. The van der Waals surface area contributed by atoms with Gasteiger partial charge < -0.3 is 29.9 Å². The van der Waals surface area contributed by atoms with E-state index in [1.54, 1.807) is 32.9 Å². The van der Waals surface area contributed by atoms with Crippen LogP contribution in [0.15, 0.2) is 42.6 Å². The van der Waals surface area contributed by atoms with Crippen molar-refractivity contribution < 1.29 is 37.4 Å². The van der Waals surface area contributed by atoms with Gasteiger partial charge in [0.1, 0.15) is 36.7 Å². The molecule has 1 aromatic heterocycles. The minimum atomic E-state index is -1.56. The smallest absolute Gasteiger partial charge is 0.408 e. The molecule has 4 heterocycles. The number of benzene rings is 1. The van der Waals surface area contributed by atoms with E-state index in [-0.39, 0.29) is 43.8 Å². The number of anilines is 1. The molecule has 2 aromatic rings. The number of alkyl halides is 1. The van der Waals surface area contributed by atoms with Crippen LogP contribution in [-0.4, -0.2) is 81.6 Å². The zero-order valence-corrected chi connectivity index (χ0v) is 27.4. The van der Waals surface area contributed by atoms with Crippen LogP contribution in [0.3, 0.4) is 0 Å². The molecule has 258 valence electrons. The fourth-order valence-electron chi connectivity index (χ4n) is 8.63. The summed E-state index contributed by atoms with van der Waals surface area (Å²) in [6.45, 7) is 5.10. The summed E-state index contributed by atoms with van der Waals surface area (Å²) < 4.78 is 40.2. The number of ether oxygens (including phenoxy) is 2. The predicted molar refractivity (Wildman–Crippen MR) is 169 cm³/mol. The van der Waals surface area contributed by atoms with E-state index in [0.717, 1.165) is 0 Å². The molecule has 9 atom stereocenters. The van der Waals surface area contributed by atoms with Crippen LogP contribution in [0.1, 0.15) is 45.6 Å². The average Bonchev–Trinajstić information content (AvgIpc) is 3.82. The topological polar surface area (TPSA) is 154 Å². The highest BCUT2D eigenvalue weighted by atomic mass is 19.1. The number of nitrogens with one attached hydrogen (secondary N) is 2. The Kier molecular flexibility index (Phi) is 7.99. The molecule has 3 aliphatic heterocycles. The van der Waals surface area contributed by atoms with Gasteiger partial charge >= 0.3 is 6.09 Å². The monoisotopic (exact) mass is 676 g/mol. The van der Waals surface area contributed by atoms with Crippen molar-refractivity contribution >= 4 is 29.6 Å². The summed E-state index contributed by atoms with van der Waals surface area (Å²) in [5, 5.41) is 15.6. The molecule has 2 saturated carbocycles. The molecular weight excluding hydrogens is 638 g/mol. The molecule has 2 bridgehead atoms. The third kappa shape index (κ3) is 5.62. The Labute approximate surface area is 282 Å². The fraction of sp³-hybridized carbons (Fsp3) is 0.543. The van der Waals surface area contributed by atoms with E-state index in [9.17, 15) is 28.8 Å². The van der Waals surface area contributed by atoms with Crippen molar-refractivity contribution in [2.75, 3.05) is 18.4 Å². The second-order valence-electron chi connectivity index (χ2n) is 14.9. The number of nitriles is 1. The van der Waals surface area contributed by atoms with Crippen molar-refractivity contribution in [1.29, 1.82) is 5.26 Å². The van der Waals surface area contributed by atoms with Gasteiger partial charge in [-0.15, -0.1) is 0 Å². The number of pyridine rings is 1. The predicted octanol–water partition coefficient (Wildman–Crippen LogP) is 3.58. The first-order chi connectivity index (χ1) is 23.3. The zero-order chi connectivity index (χ0) is 34.8. The van der Waals surface area contributed by atoms with Gasteiger partial charge in [-0.3, -0.25) is 14.4 Å². The third-order valence-electron chi connectivity index (χ3n) is 10.9. The fourth-order valence-corrected chi connectivity index (χ4v) is 8.63. The maximum atomic E-state index is 15.3. The number of alkyl carbamates (subject to hydrolysis) is 1. The van der Waals surface area contributed by atoms with E-state index in [0.29, 0.717) is 24.2 Å². The maximum absolute atomic E-state index is 15.3. The molecule has 7 rings (SSSR count). The van der Waals surface area contributed by atoms with Gasteiger partial charge in [-0.25, -0.2) is 18.6 Å². The maximum Gasteiger partial charge on any atom is 0.408 e. The third-order valence-corrected chi connectivity index (χ3v) is 10.9. The molecule has 49 heavy (non-hydrogen) atoms. The summed E-state index contributed by atoms with van der Waals surface area (Å²) in [4.78, 5) is 62.5. The van der Waals surface area contributed by atoms with Crippen LogP contribution in [0.4, 0.5) is 19.4 Å². The van der Waals surface area contributed by atoms with Crippen LogP contribution in [-0.2, 0) is 25.7 Å². The van der Waals surface area contributed by atoms with E-state index < -0.39 is 76.8 Å². The number of likely N-dealkylation sites (tertiary alicyclic amines) is 2. The van der Waals surface area contributed by atoms with Crippen LogP contribution in [0.25, 0.3) is 0 Å². The lowest BCUT2D eigenvalue weighted by Crippen LogP contribution is -2.60. The number of halogens is 2. The van der Waals surface area contributed by atoms with Crippen LogP contribution >= 0.6 is 0 Å². The number of hydrogen-bond acceptors (Lipinski definition) is 8. The van der Waals surface area contributed by atoms with Crippen LogP contribution in [0.5, 0.6) is 5.75 Å². The molecule has 4 amide bonds. The van der Waals surface area contributed by atoms with Gasteiger partial charge in [0.25, 0.3) is 5.91 Å². The number of rotatable bonds is 5. The highest BCUT2D eigenvalue weighted by molar-refractivity contribution is 6.01. The van der Waals surface area contributed by atoms with E-state index in [4.69, 9.17) is 9.47 Å². The van der Waals surface area contributed by atoms with Crippen molar-refractivity contribution in [1.82, 2.24) is 20.1 Å². The van der Waals surface area contributed by atoms with E-state index in [1.807, 2.05) is 0 Å². The van der Waals surface area contributed by atoms with Crippen molar-refractivity contribution in [2.45, 2.75) is 76.5 Å². The number of carbonyl (C=O) groups is 4. The van der Waals surface area contributed by atoms with E-state index in [1.165, 1.54) is 40.3 Å². The van der Waals surface area contributed by atoms with Crippen molar-refractivity contribution in [3.63, 3.8) is 0 Å². The van der Waals surface area contributed by atoms with E-state index >= 15 is 4.39 Å². The standard InChI is InChI=1S/C35H38F2N6O6/c1-34(2,3)28(40-33(47)48-16-18-6-8-20(36)9-7-18)31(45)42-15-23-19-11-22(24(37)12-19)26(23)27(42)30(44)43-17-35(13-21(43)14-38)32(46)41-29-25(49-35)5-4-10-39-29/h4-10,19,21-24,26-28H,11-13,15-17H2,1-3H3,(H,40,47)(H,39,41,46)/t19-,21-,22+,23+,24+,26-,27-,28+,35+/m0/s1. The van der Waals surface area contributed by atoms with Gasteiger partial charge in [0.05, 0.1) is 12.6 Å². The van der Waals surface area contributed by atoms with Gasteiger partial charge in [0, 0.05) is 19.2 Å². The lowest BCUT2D eigenvalue weighted by atomic mass is 9.77. The molecule has 0 unspecified atom stereocenters. The van der Waals surface area contributed by atoms with Gasteiger partial charge in [-0.2, -0.15) is 5.26 Å². The highest BCUT2D eigenvalue weighted by Crippen LogP contribution is 2.59. The van der Waals surface area contributed by atoms with Gasteiger partial charge in [-0.1, -0.05) is 32.9 Å². The summed E-state index contributed by atoms with van der Waals surface area (Å²) in [5.41, 5.74) is -1.84. The van der Waals surface area contributed by atoms with Crippen molar-refractivity contribution in [3.8, 4) is 11.8 Å². The molecular formula is C35H38F2N6O6. The Morgan fingerprint density at radius 3 is 2.65 bits per heavy atom. The SMILES string of the molecule is CC(C)(C)[C@H](NC(=O)OCc1ccc(F)cc1)C(=O)N1C[C@@H]2[C@H]3C[C@@H]([C@@H]2[C@H]1C(=O)N1C[C@@]2(C[C@H]1C#N)Oc1cccnc1NC2=O)[C@H](F)C3. The van der Waals surface area contributed by atoms with E-state index in [2.05, 4.69) is 21.7 Å². The molecule has 0 radical (unpaired) electrons. The average molecular weight is 677 g/mol. The van der Waals surface area contributed by atoms with Crippen molar-refractivity contribution in [3.05, 3.63) is 54.0 Å². The largest absolute Gasteiger partial charge is 0.472 e.